The number of ether oxygens (including phenoxy) is 1. The zero-order chi connectivity index (χ0) is 14.7. The highest BCUT2D eigenvalue weighted by Gasteiger charge is 2.45. The quantitative estimate of drug-likeness (QED) is 0.850. The Kier molecular flexibility index (Phi) is 4.35. The number of carbonyl (C=O) groups is 2. The summed E-state index contributed by atoms with van der Waals surface area (Å²) < 4.78 is 5.26. The van der Waals surface area contributed by atoms with E-state index in [1.54, 1.807) is 27.7 Å². The summed E-state index contributed by atoms with van der Waals surface area (Å²) in [6.45, 7) is 8.33. The van der Waals surface area contributed by atoms with E-state index in [9.17, 15) is 9.59 Å². The van der Waals surface area contributed by atoms with Crippen LogP contribution in [0.3, 0.4) is 0 Å². The zero-order valence-electron chi connectivity index (χ0n) is 12.1. The number of hydrogen-bond acceptors (Lipinski definition) is 3. The minimum absolute atomic E-state index is 0.190. The lowest BCUT2D eigenvalue weighted by Crippen LogP contribution is -2.50. The summed E-state index contributed by atoms with van der Waals surface area (Å²) in [5.41, 5.74) is -1.02. The van der Waals surface area contributed by atoms with Gasteiger partial charge in [0, 0.05) is 12.6 Å². The molecule has 0 saturated carbocycles. The fraction of sp³-hybridized carbons (Fsp3) is 0.467. The molecule has 1 aromatic carbocycles. The van der Waals surface area contributed by atoms with E-state index in [-0.39, 0.29) is 5.91 Å². The Labute approximate surface area is 114 Å². The first-order valence-corrected chi connectivity index (χ1v) is 6.23. The van der Waals surface area contributed by atoms with Crippen molar-refractivity contribution in [2.45, 2.75) is 40.2 Å². The van der Waals surface area contributed by atoms with Crippen molar-refractivity contribution < 1.29 is 14.3 Å². The number of amides is 1. The van der Waals surface area contributed by atoms with Gasteiger partial charge >= 0.3 is 5.97 Å². The molecule has 0 bridgehead atoms. The molecule has 0 aromatic heterocycles. The van der Waals surface area contributed by atoms with Crippen LogP contribution in [0.15, 0.2) is 30.3 Å². The number of rotatable bonds is 4. The molecule has 1 amide bonds. The molecule has 1 N–H and O–H groups in total. The highest BCUT2D eigenvalue weighted by Crippen LogP contribution is 2.35. The molecule has 0 saturated heterocycles. The smallest absolute Gasteiger partial charge is 0.303 e. The first-order valence-electron chi connectivity index (χ1n) is 6.23. The Morgan fingerprint density at radius 3 is 2.05 bits per heavy atom. The van der Waals surface area contributed by atoms with Gasteiger partial charge in [0.2, 0.25) is 5.91 Å². The van der Waals surface area contributed by atoms with Gasteiger partial charge in [-0.05, 0) is 39.8 Å². The molecule has 0 radical (unpaired) electrons. The molecule has 1 rings (SSSR count). The highest BCUT2D eigenvalue weighted by molar-refractivity contribution is 5.95. The lowest BCUT2D eigenvalue weighted by Gasteiger charge is -2.39. The van der Waals surface area contributed by atoms with Crippen LogP contribution in [-0.4, -0.2) is 17.5 Å². The van der Waals surface area contributed by atoms with Crippen molar-refractivity contribution >= 4 is 17.6 Å². The fourth-order valence-electron chi connectivity index (χ4n) is 1.57. The van der Waals surface area contributed by atoms with Crippen LogP contribution in [0, 0.1) is 5.41 Å². The van der Waals surface area contributed by atoms with Crippen molar-refractivity contribution in [2.24, 2.45) is 5.41 Å². The molecule has 4 nitrogen and oxygen atoms in total. The van der Waals surface area contributed by atoms with Gasteiger partial charge < -0.3 is 10.1 Å². The van der Waals surface area contributed by atoms with Crippen molar-refractivity contribution in [2.75, 3.05) is 5.32 Å². The maximum atomic E-state index is 12.4. The second kappa shape index (κ2) is 5.43. The van der Waals surface area contributed by atoms with E-state index >= 15 is 0 Å². The molecule has 0 aliphatic carbocycles. The van der Waals surface area contributed by atoms with Gasteiger partial charge in [-0.1, -0.05) is 18.2 Å². The Balaban J connectivity index is 2.87. The lowest BCUT2D eigenvalue weighted by atomic mass is 9.76. The molecule has 0 spiro atoms. The monoisotopic (exact) mass is 263 g/mol. The largest absolute Gasteiger partial charge is 0.459 e. The van der Waals surface area contributed by atoms with Gasteiger partial charge in [0.1, 0.15) is 5.60 Å². The third kappa shape index (κ3) is 3.56. The van der Waals surface area contributed by atoms with Crippen molar-refractivity contribution in [1.29, 1.82) is 0 Å². The number of nitrogens with one attached hydrogen (secondary N) is 1. The number of benzene rings is 1. The average molecular weight is 263 g/mol. The molecule has 104 valence electrons. The van der Waals surface area contributed by atoms with Crippen LogP contribution < -0.4 is 5.32 Å². The van der Waals surface area contributed by atoms with Gasteiger partial charge in [-0.2, -0.15) is 0 Å². The normalized spacial score (nSPS) is 11.8. The summed E-state index contributed by atoms with van der Waals surface area (Å²) in [6.07, 6.45) is 0. The SMILES string of the molecule is CC(=O)OC(C)(C)C(C)(C)C(=O)Nc1ccccc1. The van der Waals surface area contributed by atoms with E-state index in [1.165, 1.54) is 6.92 Å². The molecule has 0 fully saturated rings. The summed E-state index contributed by atoms with van der Waals surface area (Å²) >= 11 is 0. The summed E-state index contributed by atoms with van der Waals surface area (Å²) in [6, 6.07) is 9.20. The van der Waals surface area contributed by atoms with Crippen molar-refractivity contribution in [3.8, 4) is 0 Å². The molecule has 19 heavy (non-hydrogen) atoms. The zero-order valence-corrected chi connectivity index (χ0v) is 12.1. The van der Waals surface area contributed by atoms with Crippen LogP contribution >= 0.6 is 0 Å². The predicted octanol–water partition coefficient (Wildman–Crippen LogP) is 2.99. The molecular formula is C15H21NO3. The van der Waals surface area contributed by atoms with Gasteiger partial charge in [0.15, 0.2) is 0 Å². The summed E-state index contributed by atoms with van der Waals surface area (Å²) in [5, 5.41) is 2.83. The van der Waals surface area contributed by atoms with Gasteiger partial charge in [0.25, 0.3) is 0 Å². The average Bonchev–Trinajstić information content (AvgIpc) is 2.28. The van der Waals surface area contributed by atoms with Gasteiger partial charge in [-0.25, -0.2) is 0 Å². The van der Waals surface area contributed by atoms with Crippen molar-refractivity contribution in [1.82, 2.24) is 0 Å². The first kappa shape index (κ1) is 15.2. The molecule has 4 heteroatoms. The Bertz CT molecular complexity index is 464. The minimum atomic E-state index is -0.891. The first-order chi connectivity index (χ1) is 8.67. The van der Waals surface area contributed by atoms with Crippen LogP contribution in [0.4, 0.5) is 5.69 Å². The van der Waals surface area contributed by atoms with E-state index in [1.807, 2.05) is 30.3 Å². The van der Waals surface area contributed by atoms with Crippen molar-refractivity contribution in [3.05, 3.63) is 30.3 Å². The molecule has 0 atom stereocenters. The molecule has 0 aliphatic rings. The Morgan fingerprint density at radius 1 is 1.05 bits per heavy atom. The molecule has 0 heterocycles. The Morgan fingerprint density at radius 2 is 1.58 bits per heavy atom. The molecule has 0 unspecified atom stereocenters. The summed E-state index contributed by atoms with van der Waals surface area (Å²) in [4.78, 5) is 23.5. The maximum Gasteiger partial charge on any atom is 0.303 e. The number of hydrogen-bond donors (Lipinski definition) is 1. The van der Waals surface area contributed by atoms with Crippen LogP contribution in [-0.2, 0) is 14.3 Å². The third-order valence-corrected chi connectivity index (χ3v) is 3.50. The van der Waals surface area contributed by atoms with Gasteiger partial charge in [-0.3, -0.25) is 9.59 Å². The number of para-hydroxylation sites is 1. The summed E-state index contributed by atoms with van der Waals surface area (Å²) in [5.74, 6) is -0.587. The van der Waals surface area contributed by atoms with Crippen LogP contribution in [0.1, 0.15) is 34.6 Å². The van der Waals surface area contributed by atoms with E-state index in [0.29, 0.717) is 0 Å². The van der Waals surface area contributed by atoms with E-state index in [0.717, 1.165) is 5.69 Å². The predicted molar refractivity (Wildman–Crippen MR) is 74.7 cm³/mol. The second-order valence-corrected chi connectivity index (χ2v) is 5.55. The van der Waals surface area contributed by atoms with E-state index in [2.05, 4.69) is 5.32 Å². The number of anilines is 1. The van der Waals surface area contributed by atoms with Gasteiger partial charge in [0.05, 0.1) is 5.41 Å². The minimum Gasteiger partial charge on any atom is -0.459 e. The molecule has 0 aliphatic heterocycles. The topological polar surface area (TPSA) is 55.4 Å². The third-order valence-electron chi connectivity index (χ3n) is 3.50. The number of carbonyl (C=O) groups excluding carboxylic acids is 2. The highest BCUT2D eigenvalue weighted by atomic mass is 16.6. The lowest BCUT2D eigenvalue weighted by molar-refractivity contribution is -0.168. The molecule has 1 aromatic rings. The Hall–Kier alpha value is -1.84. The van der Waals surface area contributed by atoms with Crippen molar-refractivity contribution in [3.63, 3.8) is 0 Å². The second-order valence-electron chi connectivity index (χ2n) is 5.55. The van der Waals surface area contributed by atoms with Gasteiger partial charge in [-0.15, -0.1) is 0 Å². The molecular weight excluding hydrogens is 242 g/mol. The standard InChI is InChI=1S/C15H21NO3/c1-11(17)19-15(4,5)14(2,3)13(18)16-12-9-7-6-8-10-12/h6-10H,1-5H3,(H,16,18). The van der Waals surface area contributed by atoms with Crippen LogP contribution in [0.25, 0.3) is 0 Å². The van der Waals surface area contributed by atoms with E-state index < -0.39 is 17.0 Å². The maximum absolute atomic E-state index is 12.4. The van der Waals surface area contributed by atoms with Crippen LogP contribution in [0.5, 0.6) is 0 Å². The van der Waals surface area contributed by atoms with Crippen LogP contribution in [0.2, 0.25) is 0 Å². The summed E-state index contributed by atoms with van der Waals surface area (Å²) in [7, 11) is 0. The fourth-order valence-corrected chi connectivity index (χ4v) is 1.57. The number of esters is 1. The van der Waals surface area contributed by atoms with E-state index in [4.69, 9.17) is 4.74 Å².